The first-order valence-electron chi connectivity index (χ1n) is 6.55. The van der Waals surface area contributed by atoms with E-state index in [-0.39, 0.29) is 12.5 Å². The molecule has 1 rings (SSSR count). The van der Waals surface area contributed by atoms with E-state index >= 15 is 0 Å². The van der Waals surface area contributed by atoms with E-state index < -0.39 is 22.8 Å². The van der Waals surface area contributed by atoms with E-state index in [1.807, 2.05) is 0 Å². The number of hydrogen-bond acceptors (Lipinski definition) is 3. The fraction of sp³-hybridized carbons (Fsp3) is 0.429. The zero-order valence-electron chi connectivity index (χ0n) is 12.1. The highest BCUT2D eigenvalue weighted by molar-refractivity contribution is 7.84. The number of aryl methyl sites for hydroxylation is 1. The number of para-hydroxylation sites is 1. The van der Waals surface area contributed by atoms with E-state index in [0.717, 1.165) is 5.56 Å². The van der Waals surface area contributed by atoms with Gasteiger partial charge in [0, 0.05) is 41.0 Å². The van der Waals surface area contributed by atoms with E-state index in [0.29, 0.717) is 17.9 Å². The number of urea groups is 1. The molecule has 116 valence electrons. The molecule has 0 aliphatic carbocycles. The molecule has 21 heavy (non-hydrogen) atoms. The molecule has 0 saturated heterocycles. The molecule has 6 nitrogen and oxygen atoms in total. The Labute approximate surface area is 126 Å². The van der Waals surface area contributed by atoms with Crippen molar-refractivity contribution < 1.29 is 18.9 Å². The van der Waals surface area contributed by atoms with Crippen LogP contribution in [0.5, 0.6) is 0 Å². The Bertz CT molecular complexity index is 533. The molecule has 0 heterocycles. The molecule has 0 fully saturated rings. The van der Waals surface area contributed by atoms with Crippen molar-refractivity contribution in [1.29, 1.82) is 0 Å². The van der Waals surface area contributed by atoms with E-state index in [4.69, 9.17) is 5.11 Å². The molecule has 2 atom stereocenters. The number of rotatable bonds is 7. The van der Waals surface area contributed by atoms with Crippen molar-refractivity contribution in [3.8, 4) is 0 Å². The van der Waals surface area contributed by atoms with Crippen LogP contribution in [0.25, 0.3) is 0 Å². The van der Waals surface area contributed by atoms with Crippen LogP contribution in [0, 0.1) is 0 Å². The largest absolute Gasteiger partial charge is 0.481 e. The van der Waals surface area contributed by atoms with Gasteiger partial charge in [-0.15, -0.1) is 0 Å². The molecule has 2 amide bonds. The van der Waals surface area contributed by atoms with Crippen LogP contribution in [-0.2, 0) is 22.0 Å². The van der Waals surface area contributed by atoms with Crippen LogP contribution in [0.2, 0.25) is 0 Å². The maximum Gasteiger partial charge on any atom is 0.319 e. The maximum atomic E-state index is 11.9. The first-order valence-corrected chi connectivity index (χ1v) is 8.28. The van der Waals surface area contributed by atoms with Crippen LogP contribution < -0.4 is 10.6 Å². The van der Waals surface area contributed by atoms with Crippen molar-refractivity contribution >= 4 is 28.5 Å². The lowest BCUT2D eigenvalue weighted by molar-refractivity contribution is -0.136. The highest BCUT2D eigenvalue weighted by atomic mass is 32.2. The van der Waals surface area contributed by atoms with Gasteiger partial charge in [-0.25, -0.2) is 4.79 Å². The van der Waals surface area contributed by atoms with Crippen molar-refractivity contribution in [3.05, 3.63) is 29.8 Å². The number of aliphatic carboxylic acids is 1. The molecule has 2 unspecified atom stereocenters. The van der Waals surface area contributed by atoms with E-state index in [2.05, 4.69) is 10.6 Å². The third kappa shape index (κ3) is 6.89. The summed E-state index contributed by atoms with van der Waals surface area (Å²) in [6, 6.07) is 6.47. The number of benzene rings is 1. The van der Waals surface area contributed by atoms with Crippen LogP contribution >= 0.6 is 0 Å². The van der Waals surface area contributed by atoms with Crippen molar-refractivity contribution in [2.75, 3.05) is 17.3 Å². The Morgan fingerprint density at radius 1 is 1.33 bits per heavy atom. The first kappa shape index (κ1) is 17.2. The molecule has 0 aliphatic heterocycles. The van der Waals surface area contributed by atoms with E-state index in [9.17, 15) is 13.8 Å². The van der Waals surface area contributed by atoms with Gasteiger partial charge in [-0.1, -0.05) is 18.2 Å². The standard InChI is InChI=1S/C14H20N2O4S/c1-10(9-21(2)20)15-14(19)16-12-6-4-3-5-11(12)7-8-13(17)18/h3-6,10H,7-9H2,1-2H3,(H,17,18)(H2,15,16,19). The predicted molar refractivity (Wildman–Crippen MR) is 82.9 cm³/mol. The summed E-state index contributed by atoms with van der Waals surface area (Å²) in [5, 5.41) is 14.1. The first-order chi connectivity index (χ1) is 9.88. The third-order valence-electron chi connectivity index (χ3n) is 2.74. The van der Waals surface area contributed by atoms with Crippen molar-refractivity contribution in [2.45, 2.75) is 25.8 Å². The van der Waals surface area contributed by atoms with Crippen LogP contribution in [-0.4, -0.2) is 39.4 Å². The molecule has 0 aliphatic rings. The second-order valence-corrected chi connectivity index (χ2v) is 6.27. The van der Waals surface area contributed by atoms with Gasteiger partial charge in [-0.05, 0) is 25.0 Å². The van der Waals surface area contributed by atoms with E-state index in [1.54, 1.807) is 37.4 Å². The Morgan fingerprint density at radius 2 is 2.00 bits per heavy atom. The zero-order valence-corrected chi connectivity index (χ0v) is 12.9. The van der Waals surface area contributed by atoms with Gasteiger partial charge < -0.3 is 15.7 Å². The second-order valence-electron chi connectivity index (χ2n) is 4.79. The van der Waals surface area contributed by atoms with Crippen molar-refractivity contribution in [2.24, 2.45) is 0 Å². The Morgan fingerprint density at radius 3 is 2.62 bits per heavy atom. The molecule has 0 saturated carbocycles. The Balaban J connectivity index is 2.63. The van der Waals surface area contributed by atoms with Crippen molar-refractivity contribution in [3.63, 3.8) is 0 Å². The normalized spacial score (nSPS) is 13.2. The Hall–Kier alpha value is -1.89. The van der Waals surface area contributed by atoms with Crippen LogP contribution in [0.3, 0.4) is 0 Å². The summed E-state index contributed by atoms with van der Waals surface area (Å²) in [6.07, 6.45) is 1.93. The van der Waals surface area contributed by atoms with Gasteiger partial charge >= 0.3 is 12.0 Å². The maximum absolute atomic E-state index is 11.9. The fourth-order valence-electron chi connectivity index (χ4n) is 1.88. The van der Waals surface area contributed by atoms with Crippen LogP contribution in [0.1, 0.15) is 18.9 Å². The third-order valence-corrected chi connectivity index (χ3v) is 3.71. The van der Waals surface area contributed by atoms with Crippen molar-refractivity contribution in [1.82, 2.24) is 5.32 Å². The summed E-state index contributed by atoms with van der Waals surface area (Å²) >= 11 is 0. The van der Waals surface area contributed by atoms with Gasteiger partial charge in [0.1, 0.15) is 0 Å². The second kappa shape index (κ2) is 8.41. The fourth-order valence-corrected chi connectivity index (χ4v) is 2.67. The smallest absolute Gasteiger partial charge is 0.319 e. The number of hydrogen-bond donors (Lipinski definition) is 3. The highest BCUT2D eigenvalue weighted by Gasteiger charge is 2.11. The van der Waals surface area contributed by atoms with Crippen LogP contribution in [0.4, 0.5) is 10.5 Å². The predicted octanol–water partition coefficient (Wildman–Crippen LogP) is 1.59. The lowest BCUT2D eigenvalue weighted by atomic mass is 10.1. The molecule has 0 aromatic heterocycles. The molecule has 1 aromatic rings. The van der Waals surface area contributed by atoms with Gasteiger partial charge in [-0.2, -0.15) is 0 Å². The lowest BCUT2D eigenvalue weighted by Crippen LogP contribution is -2.39. The van der Waals surface area contributed by atoms with E-state index in [1.165, 1.54) is 0 Å². The average molecular weight is 312 g/mol. The number of carboxylic acid groups (broad SMARTS) is 1. The summed E-state index contributed by atoms with van der Waals surface area (Å²) in [6.45, 7) is 1.78. The van der Waals surface area contributed by atoms with Gasteiger partial charge in [0.15, 0.2) is 0 Å². The molecular formula is C14H20N2O4S. The van der Waals surface area contributed by atoms with Gasteiger partial charge in [-0.3, -0.25) is 9.00 Å². The number of amides is 2. The molecule has 1 aromatic carbocycles. The van der Waals surface area contributed by atoms with Gasteiger partial charge in [0.2, 0.25) is 0 Å². The number of nitrogens with one attached hydrogen (secondary N) is 2. The molecule has 7 heteroatoms. The number of carboxylic acids is 1. The number of anilines is 1. The van der Waals surface area contributed by atoms with Crippen LogP contribution in [0.15, 0.2) is 24.3 Å². The minimum absolute atomic E-state index is 0.00549. The van der Waals surface area contributed by atoms with Gasteiger partial charge in [0.25, 0.3) is 0 Å². The molecule has 0 bridgehead atoms. The SMILES string of the molecule is CC(CS(C)=O)NC(=O)Nc1ccccc1CCC(=O)O. The average Bonchev–Trinajstić information content (AvgIpc) is 2.36. The summed E-state index contributed by atoms with van der Waals surface area (Å²) in [4.78, 5) is 22.5. The topological polar surface area (TPSA) is 95.5 Å². The quantitative estimate of drug-likeness (QED) is 0.712. The minimum Gasteiger partial charge on any atom is -0.481 e. The molecule has 3 N–H and O–H groups in total. The summed E-state index contributed by atoms with van der Waals surface area (Å²) in [7, 11) is -0.979. The highest BCUT2D eigenvalue weighted by Crippen LogP contribution is 2.16. The molecule has 0 spiro atoms. The van der Waals surface area contributed by atoms with Gasteiger partial charge in [0.05, 0.1) is 0 Å². The summed E-state index contributed by atoms with van der Waals surface area (Å²) in [5.74, 6) is -0.498. The molecular weight excluding hydrogens is 292 g/mol. The number of carbonyl (C=O) groups excluding carboxylic acids is 1. The number of carbonyl (C=O) groups is 2. The lowest BCUT2D eigenvalue weighted by Gasteiger charge is -2.15. The summed E-state index contributed by atoms with van der Waals surface area (Å²) in [5.41, 5.74) is 1.35. The monoisotopic (exact) mass is 312 g/mol. The summed E-state index contributed by atoms with van der Waals surface area (Å²) < 4.78 is 11.1. The Kier molecular flexibility index (Phi) is 6.87. The minimum atomic E-state index is -0.979. The molecule has 0 radical (unpaired) electrons. The zero-order chi connectivity index (χ0) is 15.8.